The third kappa shape index (κ3) is 4.76. The van der Waals surface area contributed by atoms with Crippen molar-refractivity contribution >= 4 is 22.4 Å². The van der Waals surface area contributed by atoms with Gasteiger partial charge in [0.2, 0.25) is 5.91 Å². The summed E-state index contributed by atoms with van der Waals surface area (Å²) < 4.78 is 12.0. The van der Waals surface area contributed by atoms with Crippen LogP contribution in [0.4, 0.5) is 5.69 Å². The van der Waals surface area contributed by atoms with E-state index in [4.69, 9.17) is 5.73 Å². The number of amides is 1. The largest absolute Gasteiger partial charge is 0.326 e. The van der Waals surface area contributed by atoms with Crippen molar-refractivity contribution in [3.05, 3.63) is 29.8 Å². The normalized spacial score (nSPS) is 14.2. The summed E-state index contributed by atoms with van der Waals surface area (Å²) in [5.41, 5.74) is 7.19. The molecule has 0 bridgehead atoms. The maximum Gasteiger partial charge on any atom is 0.239 e. The second-order valence-corrected chi connectivity index (χ2v) is 6.74. The Bertz CT molecular complexity index is 461. The summed E-state index contributed by atoms with van der Waals surface area (Å²) >= 11 is 0. The number of hydrogen-bond acceptors (Lipinski definition) is 3. The summed E-state index contributed by atoms with van der Waals surface area (Å²) in [5, 5.41) is 2.28. The second-order valence-electron chi connectivity index (χ2n) is 4.93. The summed E-state index contributed by atoms with van der Waals surface area (Å²) in [4.78, 5) is 12.1. The van der Waals surface area contributed by atoms with Gasteiger partial charge in [-0.1, -0.05) is 32.0 Å². The minimum absolute atomic E-state index is 0.222. The molecule has 1 rings (SSSR count). The number of carbonyl (C=O) groups is 1. The van der Waals surface area contributed by atoms with E-state index in [-0.39, 0.29) is 5.91 Å². The molecule has 3 N–H and O–H groups in total. The van der Waals surface area contributed by atoms with E-state index in [2.05, 4.69) is 5.32 Å². The van der Waals surface area contributed by atoms with E-state index in [1.54, 1.807) is 13.0 Å². The van der Waals surface area contributed by atoms with E-state index < -0.39 is 16.0 Å². The molecule has 1 aromatic carbocycles. The number of para-hydroxylation sites is 1. The molecule has 1 aromatic rings. The lowest BCUT2D eigenvalue weighted by atomic mass is 10.2. The fourth-order valence-corrected chi connectivity index (χ4v) is 2.89. The standard InChI is InChI=1S/C14H22N2O2S/c1-10(2)9-19(18)11(3)14(17)16-13-7-5-4-6-12(13)8-15/h4-7,10-11H,8-9,15H2,1-3H3,(H,16,17). The van der Waals surface area contributed by atoms with Gasteiger partial charge in [0.25, 0.3) is 0 Å². The zero-order chi connectivity index (χ0) is 14.4. The van der Waals surface area contributed by atoms with E-state index in [0.29, 0.717) is 23.9 Å². The van der Waals surface area contributed by atoms with Crippen molar-refractivity contribution in [1.29, 1.82) is 0 Å². The fraction of sp³-hybridized carbons (Fsp3) is 0.500. The highest BCUT2D eigenvalue weighted by Gasteiger charge is 2.21. The Morgan fingerprint density at radius 3 is 2.53 bits per heavy atom. The smallest absolute Gasteiger partial charge is 0.239 e. The van der Waals surface area contributed by atoms with Crippen molar-refractivity contribution in [3.63, 3.8) is 0 Å². The third-order valence-electron chi connectivity index (χ3n) is 2.76. The van der Waals surface area contributed by atoms with Gasteiger partial charge in [-0.2, -0.15) is 0 Å². The quantitative estimate of drug-likeness (QED) is 0.836. The topological polar surface area (TPSA) is 72.2 Å². The van der Waals surface area contributed by atoms with Crippen LogP contribution in [0.3, 0.4) is 0 Å². The van der Waals surface area contributed by atoms with Crippen LogP contribution in [0.2, 0.25) is 0 Å². The van der Waals surface area contributed by atoms with Crippen LogP contribution in [0.1, 0.15) is 26.3 Å². The van der Waals surface area contributed by atoms with Crippen LogP contribution in [-0.2, 0) is 22.1 Å². The first-order valence-corrected chi connectivity index (χ1v) is 7.80. The van der Waals surface area contributed by atoms with E-state index in [0.717, 1.165) is 5.56 Å². The minimum Gasteiger partial charge on any atom is -0.326 e. The van der Waals surface area contributed by atoms with Crippen molar-refractivity contribution in [1.82, 2.24) is 0 Å². The number of benzene rings is 1. The molecule has 1 amide bonds. The molecule has 0 spiro atoms. The first-order chi connectivity index (χ1) is 8.95. The highest BCUT2D eigenvalue weighted by Crippen LogP contribution is 2.15. The lowest BCUT2D eigenvalue weighted by molar-refractivity contribution is -0.115. The van der Waals surface area contributed by atoms with Crippen LogP contribution < -0.4 is 11.1 Å². The predicted molar refractivity (Wildman–Crippen MR) is 80.3 cm³/mol. The van der Waals surface area contributed by atoms with E-state index in [1.807, 2.05) is 32.0 Å². The van der Waals surface area contributed by atoms with Crippen molar-refractivity contribution in [2.75, 3.05) is 11.1 Å². The SMILES string of the molecule is CC(C)CS(=O)C(C)C(=O)Nc1ccccc1CN. The second kappa shape index (κ2) is 7.40. The van der Waals surface area contributed by atoms with Crippen molar-refractivity contribution in [2.24, 2.45) is 11.7 Å². The number of anilines is 1. The molecule has 0 heterocycles. The Morgan fingerprint density at radius 1 is 1.32 bits per heavy atom. The summed E-state index contributed by atoms with van der Waals surface area (Å²) in [6.07, 6.45) is 0. The molecule has 0 aliphatic heterocycles. The van der Waals surface area contributed by atoms with Gasteiger partial charge in [-0.25, -0.2) is 0 Å². The number of carbonyl (C=O) groups excluding carboxylic acids is 1. The van der Waals surface area contributed by atoms with Crippen LogP contribution in [0, 0.1) is 5.92 Å². The van der Waals surface area contributed by atoms with E-state index in [9.17, 15) is 9.00 Å². The van der Waals surface area contributed by atoms with E-state index in [1.165, 1.54) is 0 Å². The first-order valence-electron chi connectivity index (χ1n) is 6.41. The highest BCUT2D eigenvalue weighted by molar-refractivity contribution is 7.86. The summed E-state index contributed by atoms with van der Waals surface area (Å²) in [7, 11) is -1.15. The van der Waals surface area contributed by atoms with Crippen molar-refractivity contribution in [2.45, 2.75) is 32.6 Å². The van der Waals surface area contributed by atoms with Gasteiger partial charge in [0.1, 0.15) is 5.25 Å². The first kappa shape index (κ1) is 15.9. The molecular formula is C14H22N2O2S. The lowest BCUT2D eigenvalue weighted by Gasteiger charge is -2.15. The van der Waals surface area contributed by atoms with Gasteiger partial charge in [0, 0.05) is 28.8 Å². The molecule has 0 aliphatic rings. The summed E-state index contributed by atoms with van der Waals surface area (Å²) in [6, 6.07) is 7.38. The van der Waals surface area contributed by atoms with Crippen LogP contribution in [0.15, 0.2) is 24.3 Å². The van der Waals surface area contributed by atoms with Gasteiger partial charge in [-0.05, 0) is 24.5 Å². The van der Waals surface area contributed by atoms with Gasteiger partial charge in [-0.15, -0.1) is 0 Å². The number of rotatable bonds is 6. The highest BCUT2D eigenvalue weighted by atomic mass is 32.2. The zero-order valence-corrected chi connectivity index (χ0v) is 12.5. The zero-order valence-electron chi connectivity index (χ0n) is 11.7. The monoisotopic (exact) mass is 282 g/mol. The summed E-state index contributed by atoms with van der Waals surface area (Å²) in [6.45, 7) is 6.04. The van der Waals surface area contributed by atoms with Crippen molar-refractivity contribution < 1.29 is 9.00 Å². The van der Waals surface area contributed by atoms with Gasteiger partial charge in [0.15, 0.2) is 0 Å². The van der Waals surface area contributed by atoms with Gasteiger partial charge in [0.05, 0.1) is 0 Å². The van der Waals surface area contributed by atoms with Crippen LogP contribution >= 0.6 is 0 Å². The molecule has 106 valence electrons. The molecule has 0 aromatic heterocycles. The molecule has 0 fully saturated rings. The molecule has 4 nitrogen and oxygen atoms in total. The minimum atomic E-state index is -1.15. The van der Waals surface area contributed by atoms with Crippen LogP contribution in [0.25, 0.3) is 0 Å². The summed E-state index contributed by atoms with van der Waals surface area (Å²) in [5.74, 6) is 0.625. The Kier molecular flexibility index (Phi) is 6.18. The molecule has 0 saturated carbocycles. The average Bonchev–Trinajstić information content (AvgIpc) is 2.37. The molecule has 5 heteroatoms. The number of hydrogen-bond donors (Lipinski definition) is 2. The Morgan fingerprint density at radius 2 is 1.95 bits per heavy atom. The van der Waals surface area contributed by atoms with Crippen LogP contribution in [-0.4, -0.2) is 21.1 Å². The van der Waals surface area contributed by atoms with Crippen molar-refractivity contribution in [3.8, 4) is 0 Å². The predicted octanol–water partition coefficient (Wildman–Crippen LogP) is 1.88. The van der Waals surface area contributed by atoms with Gasteiger partial charge >= 0.3 is 0 Å². The Hall–Kier alpha value is -1.20. The molecule has 2 unspecified atom stereocenters. The van der Waals surface area contributed by atoms with Gasteiger partial charge < -0.3 is 11.1 Å². The Labute approximate surface area is 117 Å². The van der Waals surface area contributed by atoms with Crippen LogP contribution in [0.5, 0.6) is 0 Å². The lowest BCUT2D eigenvalue weighted by Crippen LogP contribution is -2.31. The van der Waals surface area contributed by atoms with E-state index >= 15 is 0 Å². The molecular weight excluding hydrogens is 260 g/mol. The number of nitrogens with two attached hydrogens (primary N) is 1. The third-order valence-corrected chi connectivity index (χ3v) is 4.75. The van der Waals surface area contributed by atoms with Gasteiger partial charge in [-0.3, -0.25) is 9.00 Å². The molecule has 0 aliphatic carbocycles. The molecule has 2 atom stereocenters. The Balaban J connectivity index is 2.71. The molecule has 0 saturated heterocycles. The average molecular weight is 282 g/mol. The number of nitrogens with one attached hydrogen (secondary N) is 1. The maximum atomic E-state index is 12.1. The molecule has 19 heavy (non-hydrogen) atoms. The fourth-order valence-electron chi connectivity index (χ4n) is 1.65. The molecule has 0 radical (unpaired) electrons. The maximum absolute atomic E-state index is 12.1.